The van der Waals surface area contributed by atoms with Crippen LogP contribution in [-0.4, -0.2) is 39.9 Å². The minimum atomic E-state index is -0.547. The van der Waals surface area contributed by atoms with Crippen LogP contribution in [0.2, 0.25) is 0 Å². The van der Waals surface area contributed by atoms with E-state index in [0.29, 0.717) is 5.69 Å². The van der Waals surface area contributed by atoms with Gasteiger partial charge in [0, 0.05) is 13.6 Å². The highest BCUT2D eigenvalue weighted by molar-refractivity contribution is 9.10. The quantitative estimate of drug-likeness (QED) is 0.630. The molecule has 1 amide bonds. The fourth-order valence-corrected chi connectivity index (χ4v) is 1.41. The standard InChI is InChI=1S/C9H12BrN3O3/c1-13-5-11-4-7(13)8(14)12-3-6(10)9(15)16-2/h4-6H,3H2,1-2H3,(H,12,14). The van der Waals surface area contributed by atoms with Crippen LogP contribution in [0.25, 0.3) is 0 Å². The number of aryl methyl sites for hydroxylation is 1. The highest BCUT2D eigenvalue weighted by atomic mass is 79.9. The Hall–Kier alpha value is -1.37. The number of methoxy groups -OCH3 is 1. The number of carbonyl (C=O) groups is 2. The van der Waals surface area contributed by atoms with Crippen LogP contribution in [0.5, 0.6) is 0 Å². The number of nitrogens with one attached hydrogen (secondary N) is 1. The summed E-state index contributed by atoms with van der Waals surface area (Å²) < 4.78 is 6.10. The van der Waals surface area contributed by atoms with Gasteiger partial charge in [-0.2, -0.15) is 0 Å². The first kappa shape index (κ1) is 12.7. The number of ether oxygens (including phenoxy) is 1. The molecule has 16 heavy (non-hydrogen) atoms. The van der Waals surface area contributed by atoms with E-state index in [2.05, 4.69) is 31.0 Å². The summed E-state index contributed by atoms with van der Waals surface area (Å²) in [5, 5.41) is 2.59. The summed E-state index contributed by atoms with van der Waals surface area (Å²) in [5.74, 6) is -0.710. The van der Waals surface area contributed by atoms with Crippen LogP contribution < -0.4 is 5.32 Å². The van der Waals surface area contributed by atoms with E-state index in [1.54, 1.807) is 11.6 Å². The molecule has 0 aliphatic rings. The van der Waals surface area contributed by atoms with Crippen LogP contribution in [-0.2, 0) is 16.6 Å². The maximum Gasteiger partial charge on any atom is 0.321 e. The Labute approximate surface area is 101 Å². The molecule has 1 N–H and O–H groups in total. The highest BCUT2D eigenvalue weighted by Gasteiger charge is 2.17. The lowest BCUT2D eigenvalue weighted by atomic mass is 10.4. The number of alkyl halides is 1. The molecular weight excluding hydrogens is 278 g/mol. The Morgan fingerprint density at radius 3 is 2.88 bits per heavy atom. The van der Waals surface area contributed by atoms with Crippen LogP contribution in [0.15, 0.2) is 12.5 Å². The van der Waals surface area contributed by atoms with Crippen molar-refractivity contribution in [3.05, 3.63) is 18.2 Å². The van der Waals surface area contributed by atoms with Crippen molar-refractivity contribution in [1.29, 1.82) is 0 Å². The number of rotatable bonds is 4. The Balaban J connectivity index is 2.48. The predicted octanol–water partition coefficient (Wildman–Crippen LogP) is 0.0864. The molecule has 7 heteroatoms. The zero-order valence-corrected chi connectivity index (χ0v) is 10.5. The summed E-state index contributed by atoms with van der Waals surface area (Å²) >= 11 is 3.10. The molecule has 0 aromatic carbocycles. The Morgan fingerprint density at radius 1 is 1.69 bits per heavy atom. The molecule has 0 radical (unpaired) electrons. The Morgan fingerprint density at radius 2 is 2.38 bits per heavy atom. The van der Waals surface area contributed by atoms with Crippen molar-refractivity contribution >= 4 is 27.8 Å². The summed E-state index contributed by atoms with van der Waals surface area (Å²) in [6.07, 6.45) is 2.98. The monoisotopic (exact) mass is 289 g/mol. The van der Waals surface area contributed by atoms with Gasteiger partial charge in [0.05, 0.1) is 19.6 Å². The lowest BCUT2D eigenvalue weighted by Crippen LogP contribution is -2.34. The van der Waals surface area contributed by atoms with E-state index >= 15 is 0 Å². The molecule has 1 rings (SSSR count). The second kappa shape index (κ2) is 5.64. The summed E-state index contributed by atoms with van der Waals surface area (Å²) in [7, 11) is 3.01. The lowest BCUT2D eigenvalue weighted by Gasteiger charge is -2.09. The second-order valence-corrected chi connectivity index (χ2v) is 4.20. The number of amides is 1. The molecule has 1 aromatic heterocycles. The van der Waals surface area contributed by atoms with Gasteiger partial charge in [-0.1, -0.05) is 15.9 Å². The van der Waals surface area contributed by atoms with E-state index in [4.69, 9.17) is 0 Å². The summed E-state index contributed by atoms with van der Waals surface area (Å²) in [4.78, 5) is 25.9. The third-order valence-corrected chi connectivity index (χ3v) is 2.65. The second-order valence-electron chi connectivity index (χ2n) is 3.09. The van der Waals surface area contributed by atoms with Crippen LogP contribution in [0.4, 0.5) is 0 Å². The largest absolute Gasteiger partial charge is 0.468 e. The Bertz CT molecular complexity index is 391. The molecule has 1 atom stereocenters. The van der Waals surface area contributed by atoms with Crippen LogP contribution in [0.3, 0.4) is 0 Å². The number of hydrogen-bond donors (Lipinski definition) is 1. The summed E-state index contributed by atoms with van der Waals surface area (Å²) in [5.41, 5.74) is 0.435. The van der Waals surface area contributed by atoms with Gasteiger partial charge in [0.15, 0.2) is 0 Å². The lowest BCUT2D eigenvalue weighted by molar-refractivity contribution is -0.139. The van der Waals surface area contributed by atoms with Crippen molar-refractivity contribution in [2.75, 3.05) is 13.7 Å². The number of hydrogen-bond acceptors (Lipinski definition) is 4. The first-order valence-electron chi connectivity index (χ1n) is 4.52. The molecule has 6 nitrogen and oxygen atoms in total. The molecule has 0 bridgehead atoms. The molecule has 88 valence electrons. The highest BCUT2D eigenvalue weighted by Crippen LogP contribution is 2.01. The molecule has 0 aliphatic carbocycles. The van der Waals surface area contributed by atoms with E-state index in [9.17, 15) is 9.59 Å². The molecule has 1 aromatic rings. The number of nitrogens with zero attached hydrogens (tertiary/aromatic N) is 2. The van der Waals surface area contributed by atoms with Crippen molar-refractivity contribution < 1.29 is 14.3 Å². The molecule has 1 heterocycles. The molecule has 0 spiro atoms. The first-order chi connectivity index (χ1) is 7.56. The Kier molecular flexibility index (Phi) is 4.48. The van der Waals surface area contributed by atoms with Gasteiger partial charge in [0.1, 0.15) is 10.5 Å². The van der Waals surface area contributed by atoms with Crippen LogP contribution in [0, 0.1) is 0 Å². The molecular formula is C9H12BrN3O3. The molecule has 0 saturated heterocycles. The van der Waals surface area contributed by atoms with E-state index in [1.807, 2.05) is 0 Å². The van der Waals surface area contributed by atoms with E-state index < -0.39 is 10.8 Å². The van der Waals surface area contributed by atoms with Crippen LogP contribution in [0.1, 0.15) is 10.5 Å². The predicted molar refractivity (Wildman–Crippen MR) is 60.3 cm³/mol. The molecule has 1 unspecified atom stereocenters. The zero-order chi connectivity index (χ0) is 12.1. The fourth-order valence-electron chi connectivity index (χ4n) is 1.06. The fraction of sp³-hybridized carbons (Fsp3) is 0.444. The van der Waals surface area contributed by atoms with Gasteiger partial charge in [-0.3, -0.25) is 9.59 Å². The minimum absolute atomic E-state index is 0.163. The number of imidazole rings is 1. The molecule has 0 aliphatic heterocycles. The van der Waals surface area contributed by atoms with Gasteiger partial charge < -0.3 is 14.6 Å². The smallest absolute Gasteiger partial charge is 0.321 e. The van der Waals surface area contributed by atoms with Gasteiger partial charge in [0.2, 0.25) is 0 Å². The molecule has 0 saturated carbocycles. The average molecular weight is 290 g/mol. The zero-order valence-electron chi connectivity index (χ0n) is 8.94. The number of carbonyl (C=O) groups excluding carboxylic acids is 2. The van der Waals surface area contributed by atoms with Gasteiger partial charge in [0.25, 0.3) is 5.91 Å². The van der Waals surface area contributed by atoms with E-state index in [-0.39, 0.29) is 12.5 Å². The number of esters is 1. The van der Waals surface area contributed by atoms with Crippen molar-refractivity contribution in [3.63, 3.8) is 0 Å². The average Bonchev–Trinajstić information content (AvgIpc) is 2.70. The van der Waals surface area contributed by atoms with Crippen molar-refractivity contribution in [2.45, 2.75) is 4.83 Å². The maximum atomic E-state index is 11.6. The van der Waals surface area contributed by atoms with Gasteiger partial charge in [-0.15, -0.1) is 0 Å². The summed E-state index contributed by atoms with van der Waals surface area (Å²) in [6, 6.07) is 0. The van der Waals surface area contributed by atoms with Gasteiger partial charge >= 0.3 is 5.97 Å². The van der Waals surface area contributed by atoms with E-state index in [0.717, 1.165) is 0 Å². The normalized spacial score (nSPS) is 11.9. The number of aromatic nitrogens is 2. The SMILES string of the molecule is COC(=O)C(Br)CNC(=O)c1cncn1C. The van der Waals surface area contributed by atoms with Crippen molar-refractivity contribution in [1.82, 2.24) is 14.9 Å². The van der Waals surface area contributed by atoms with E-state index in [1.165, 1.54) is 19.6 Å². The first-order valence-corrected chi connectivity index (χ1v) is 5.44. The number of halogens is 1. The topological polar surface area (TPSA) is 73.2 Å². The van der Waals surface area contributed by atoms with Crippen molar-refractivity contribution in [2.24, 2.45) is 7.05 Å². The molecule has 0 fully saturated rings. The maximum absolute atomic E-state index is 11.6. The third-order valence-electron chi connectivity index (χ3n) is 1.95. The third kappa shape index (κ3) is 3.06. The minimum Gasteiger partial charge on any atom is -0.468 e. The van der Waals surface area contributed by atoms with Crippen molar-refractivity contribution in [3.8, 4) is 0 Å². The van der Waals surface area contributed by atoms with Gasteiger partial charge in [-0.05, 0) is 0 Å². The van der Waals surface area contributed by atoms with Gasteiger partial charge in [-0.25, -0.2) is 4.98 Å². The summed E-state index contributed by atoms with van der Waals surface area (Å²) in [6.45, 7) is 0.163. The van der Waals surface area contributed by atoms with Crippen LogP contribution >= 0.6 is 15.9 Å².